The average Bonchev–Trinajstić information content (AvgIpc) is 3.46. The SMILES string of the molecule is C=C(CO)C(=O)N1Cc2sc(C#N)cc2[C@H](c2ccccc2-c2cn(CC)nc2C(F)(F)F)C1. The molecule has 0 aliphatic carbocycles. The number of hydrogen-bond acceptors (Lipinski definition) is 5. The van der Waals surface area contributed by atoms with Gasteiger partial charge >= 0.3 is 6.18 Å². The Morgan fingerprint density at radius 1 is 1.32 bits per heavy atom. The van der Waals surface area contributed by atoms with Gasteiger partial charge in [0, 0.05) is 41.2 Å². The predicted octanol–water partition coefficient (Wildman–Crippen LogP) is 4.54. The third kappa shape index (κ3) is 4.24. The third-order valence-corrected chi connectivity index (χ3v) is 6.87. The standard InChI is InChI=1S/C24H21F3N4O2S/c1-3-31-11-20(22(29-31)24(25,26)27)17-7-5-4-6-16(17)19-10-30(23(33)14(2)13-32)12-21-18(19)8-15(9-28)34-21/h4-8,11,19,32H,2-3,10,12-13H2,1H3/t19-/m0/s1. The summed E-state index contributed by atoms with van der Waals surface area (Å²) in [5.41, 5.74) is 0.790. The van der Waals surface area contributed by atoms with Crippen LogP contribution in [-0.2, 0) is 24.1 Å². The number of benzene rings is 1. The van der Waals surface area contributed by atoms with Gasteiger partial charge in [-0.15, -0.1) is 11.3 Å². The lowest BCUT2D eigenvalue weighted by molar-refractivity contribution is -0.141. The van der Waals surface area contributed by atoms with Gasteiger partial charge in [0.25, 0.3) is 5.91 Å². The highest BCUT2D eigenvalue weighted by atomic mass is 32.1. The molecule has 2 aromatic heterocycles. The molecule has 0 spiro atoms. The number of aliphatic hydroxyl groups is 1. The molecule has 1 atom stereocenters. The summed E-state index contributed by atoms with van der Waals surface area (Å²) < 4.78 is 42.8. The lowest BCUT2D eigenvalue weighted by Gasteiger charge is -2.34. The highest BCUT2D eigenvalue weighted by molar-refractivity contribution is 7.12. The lowest BCUT2D eigenvalue weighted by atomic mass is 9.83. The van der Waals surface area contributed by atoms with E-state index < -0.39 is 30.3 Å². The summed E-state index contributed by atoms with van der Waals surface area (Å²) in [6.07, 6.45) is -3.26. The van der Waals surface area contributed by atoms with Crippen LogP contribution in [0, 0.1) is 11.3 Å². The van der Waals surface area contributed by atoms with Crippen LogP contribution in [0.1, 0.15) is 39.4 Å². The number of thiophene rings is 1. The van der Waals surface area contributed by atoms with Crippen LogP contribution >= 0.6 is 11.3 Å². The molecule has 34 heavy (non-hydrogen) atoms. The van der Waals surface area contributed by atoms with Crippen LogP contribution in [0.2, 0.25) is 0 Å². The van der Waals surface area contributed by atoms with Gasteiger partial charge in [0.1, 0.15) is 10.9 Å². The molecule has 0 saturated carbocycles. The smallest absolute Gasteiger partial charge is 0.391 e. The number of fused-ring (bicyclic) bond motifs is 1. The van der Waals surface area contributed by atoms with Crippen molar-refractivity contribution < 1.29 is 23.1 Å². The highest BCUT2D eigenvalue weighted by Gasteiger charge is 2.39. The van der Waals surface area contributed by atoms with Gasteiger partial charge < -0.3 is 10.0 Å². The molecule has 0 unspecified atom stereocenters. The normalized spacial score (nSPS) is 15.6. The summed E-state index contributed by atoms with van der Waals surface area (Å²) in [5.74, 6) is -0.905. The fourth-order valence-corrected chi connectivity index (χ4v) is 5.26. The Bertz CT molecular complexity index is 1300. The molecule has 0 saturated heterocycles. The Morgan fingerprint density at radius 2 is 2.06 bits per heavy atom. The van der Waals surface area contributed by atoms with Gasteiger partial charge in [-0.3, -0.25) is 9.48 Å². The summed E-state index contributed by atoms with van der Waals surface area (Å²) >= 11 is 1.25. The van der Waals surface area contributed by atoms with E-state index in [1.165, 1.54) is 27.1 Å². The van der Waals surface area contributed by atoms with Crippen LogP contribution in [-0.4, -0.2) is 38.8 Å². The van der Waals surface area contributed by atoms with E-state index in [0.717, 1.165) is 10.4 Å². The van der Waals surface area contributed by atoms with E-state index in [-0.39, 0.29) is 30.8 Å². The van der Waals surface area contributed by atoms with E-state index in [1.54, 1.807) is 37.3 Å². The molecule has 3 heterocycles. The van der Waals surface area contributed by atoms with Gasteiger partial charge in [-0.2, -0.15) is 23.5 Å². The molecule has 1 aliphatic rings. The molecule has 10 heteroatoms. The maximum Gasteiger partial charge on any atom is 0.435 e. The van der Waals surface area contributed by atoms with Crippen molar-refractivity contribution in [3.8, 4) is 17.2 Å². The second-order valence-corrected chi connectivity index (χ2v) is 9.07. The van der Waals surface area contributed by atoms with E-state index in [9.17, 15) is 28.3 Å². The Hall–Kier alpha value is -3.42. The number of rotatable bonds is 5. The molecule has 3 aromatic rings. The quantitative estimate of drug-likeness (QED) is 0.537. The minimum atomic E-state index is -4.64. The maximum atomic E-state index is 13.8. The second kappa shape index (κ2) is 9.08. The summed E-state index contributed by atoms with van der Waals surface area (Å²) in [5, 5.41) is 22.6. The molecule has 0 fully saturated rings. The zero-order valence-corrected chi connectivity index (χ0v) is 19.1. The molecule has 0 bridgehead atoms. The van der Waals surface area contributed by atoms with Crippen molar-refractivity contribution in [3.63, 3.8) is 0 Å². The number of carbonyl (C=O) groups excluding carboxylic acids is 1. The molecule has 1 aliphatic heterocycles. The maximum absolute atomic E-state index is 13.8. The number of hydrogen-bond donors (Lipinski definition) is 1. The topological polar surface area (TPSA) is 82.1 Å². The van der Waals surface area contributed by atoms with Crippen molar-refractivity contribution in [2.75, 3.05) is 13.2 Å². The molecule has 1 aromatic carbocycles. The largest absolute Gasteiger partial charge is 0.435 e. The zero-order chi connectivity index (χ0) is 24.6. The van der Waals surface area contributed by atoms with Gasteiger partial charge in [0.2, 0.25) is 0 Å². The molecule has 176 valence electrons. The summed E-state index contributed by atoms with van der Waals surface area (Å²) in [6.45, 7) is 5.51. The number of amides is 1. The van der Waals surface area contributed by atoms with Crippen LogP contribution in [0.25, 0.3) is 11.1 Å². The lowest BCUT2D eigenvalue weighted by Crippen LogP contribution is -2.39. The van der Waals surface area contributed by atoms with Crippen molar-refractivity contribution in [1.82, 2.24) is 14.7 Å². The Morgan fingerprint density at radius 3 is 2.71 bits per heavy atom. The van der Waals surface area contributed by atoms with Crippen LogP contribution in [0.5, 0.6) is 0 Å². The predicted molar refractivity (Wildman–Crippen MR) is 121 cm³/mol. The Balaban J connectivity index is 1.88. The first-order valence-corrected chi connectivity index (χ1v) is 11.3. The third-order valence-electron chi connectivity index (χ3n) is 5.83. The van der Waals surface area contributed by atoms with Gasteiger partial charge in [-0.05, 0) is 29.7 Å². The first-order chi connectivity index (χ1) is 16.2. The van der Waals surface area contributed by atoms with E-state index in [2.05, 4.69) is 17.7 Å². The minimum Gasteiger partial charge on any atom is -0.391 e. The van der Waals surface area contributed by atoms with E-state index in [1.807, 2.05) is 0 Å². The number of aromatic nitrogens is 2. The van der Waals surface area contributed by atoms with Crippen molar-refractivity contribution in [3.05, 3.63) is 75.3 Å². The number of alkyl halides is 3. The number of aliphatic hydroxyl groups excluding tert-OH is 1. The Kier molecular flexibility index (Phi) is 6.34. The van der Waals surface area contributed by atoms with Crippen molar-refractivity contribution in [1.29, 1.82) is 5.26 Å². The van der Waals surface area contributed by atoms with Crippen molar-refractivity contribution in [2.24, 2.45) is 0 Å². The summed E-state index contributed by atoms with van der Waals surface area (Å²) in [4.78, 5) is 15.6. The van der Waals surface area contributed by atoms with Crippen LogP contribution in [0.3, 0.4) is 0 Å². The van der Waals surface area contributed by atoms with Crippen molar-refractivity contribution in [2.45, 2.75) is 32.1 Å². The highest BCUT2D eigenvalue weighted by Crippen LogP contribution is 2.44. The van der Waals surface area contributed by atoms with E-state index >= 15 is 0 Å². The van der Waals surface area contributed by atoms with Crippen molar-refractivity contribution >= 4 is 17.2 Å². The fourth-order valence-electron chi connectivity index (χ4n) is 4.22. The molecular formula is C24H21F3N4O2S. The zero-order valence-electron chi connectivity index (χ0n) is 18.3. The Labute approximate surface area is 198 Å². The molecule has 1 N–H and O–H groups in total. The first kappa shape index (κ1) is 23.7. The van der Waals surface area contributed by atoms with Crippen LogP contribution in [0.15, 0.2) is 48.7 Å². The minimum absolute atomic E-state index is 0.0242. The number of halogens is 3. The summed E-state index contributed by atoms with van der Waals surface area (Å²) in [6, 6.07) is 10.6. The summed E-state index contributed by atoms with van der Waals surface area (Å²) in [7, 11) is 0. The van der Waals surface area contributed by atoms with Crippen LogP contribution < -0.4 is 0 Å². The van der Waals surface area contributed by atoms with Gasteiger partial charge in [0.05, 0.1) is 13.2 Å². The molecular weight excluding hydrogens is 465 g/mol. The van der Waals surface area contributed by atoms with E-state index in [4.69, 9.17) is 0 Å². The molecule has 4 rings (SSSR count). The van der Waals surface area contributed by atoms with Gasteiger partial charge in [-0.1, -0.05) is 30.8 Å². The van der Waals surface area contributed by atoms with Crippen LogP contribution in [0.4, 0.5) is 13.2 Å². The number of nitriles is 1. The number of carbonyl (C=O) groups is 1. The molecule has 0 radical (unpaired) electrons. The second-order valence-electron chi connectivity index (χ2n) is 7.93. The van der Waals surface area contributed by atoms with E-state index in [0.29, 0.717) is 16.0 Å². The first-order valence-electron chi connectivity index (χ1n) is 10.5. The number of nitrogens with zero attached hydrogens (tertiary/aromatic N) is 4. The van der Waals surface area contributed by atoms with Gasteiger partial charge in [0.15, 0.2) is 5.69 Å². The fraction of sp³-hybridized carbons (Fsp3) is 0.292. The number of aryl methyl sites for hydroxylation is 1. The molecule has 6 nitrogen and oxygen atoms in total. The van der Waals surface area contributed by atoms with Gasteiger partial charge in [-0.25, -0.2) is 0 Å². The average molecular weight is 487 g/mol. The molecule has 1 amide bonds. The monoisotopic (exact) mass is 486 g/mol.